The summed E-state index contributed by atoms with van der Waals surface area (Å²) in [6.45, 7) is 8.47. The van der Waals surface area contributed by atoms with Crippen LogP contribution >= 0.6 is 11.3 Å². The minimum atomic E-state index is -1.48. The zero-order valence-electron chi connectivity index (χ0n) is 17.3. The van der Waals surface area contributed by atoms with E-state index in [0.29, 0.717) is 12.1 Å². The van der Waals surface area contributed by atoms with E-state index in [-0.39, 0.29) is 34.3 Å². The number of rotatable bonds is 5. The molecular weight excluding hydrogens is 405 g/mol. The molecule has 0 fully saturated rings. The number of carbonyl (C=O) groups is 1. The molecule has 2 unspecified atom stereocenters. The molecule has 2 aliphatic rings. The summed E-state index contributed by atoms with van der Waals surface area (Å²) in [6, 6.07) is 2.80. The Morgan fingerprint density at radius 1 is 1.17 bits per heavy atom. The Kier molecular flexibility index (Phi) is 4.92. The van der Waals surface area contributed by atoms with Gasteiger partial charge in [0.05, 0.1) is 12.1 Å². The summed E-state index contributed by atoms with van der Waals surface area (Å²) in [5.41, 5.74) is -0.413. The number of halogens is 1. The predicted octanol–water partition coefficient (Wildman–Crippen LogP) is 2.97. The molecule has 1 aromatic carbocycles. The molecule has 0 saturated heterocycles. The Balaban J connectivity index is 1.66. The molecule has 3 atom stereocenters. The van der Waals surface area contributed by atoms with E-state index in [1.54, 1.807) is 17.4 Å². The number of anilines is 2. The molecule has 1 aliphatic carbocycles. The third kappa shape index (κ3) is 3.39. The van der Waals surface area contributed by atoms with E-state index in [1.165, 1.54) is 6.08 Å². The van der Waals surface area contributed by atoms with Crippen molar-refractivity contribution >= 4 is 28.6 Å². The lowest BCUT2D eigenvalue weighted by atomic mass is 9.85. The molecule has 2 heterocycles. The van der Waals surface area contributed by atoms with E-state index in [4.69, 9.17) is 0 Å². The van der Waals surface area contributed by atoms with Crippen LogP contribution in [0.4, 0.5) is 15.8 Å². The molecule has 2 aromatic rings. The second kappa shape index (κ2) is 7.19. The molecule has 1 aromatic heterocycles. The van der Waals surface area contributed by atoms with Crippen molar-refractivity contribution in [3.05, 3.63) is 65.6 Å². The second-order valence-electron chi connectivity index (χ2n) is 8.85. The topological polar surface area (TPSA) is 87.3 Å². The summed E-state index contributed by atoms with van der Waals surface area (Å²) in [5, 5.41) is 8.76. The number of thiophene rings is 1. The van der Waals surface area contributed by atoms with Crippen LogP contribution < -0.4 is 26.8 Å². The Morgan fingerprint density at radius 3 is 2.50 bits per heavy atom. The van der Waals surface area contributed by atoms with Gasteiger partial charge in [0.2, 0.25) is 5.91 Å². The third-order valence-corrected chi connectivity index (χ3v) is 6.62. The highest BCUT2D eigenvalue weighted by molar-refractivity contribution is 7.12. The maximum Gasteiger partial charge on any atom is 0.253 e. The molecule has 0 bridgehead atoms. The fourth-order valence-corrected chi connectivity index (χ4v) is 5.10. The predicted molar refractivity (Wildman–Crippen MR) is 118 cm³/mol. The maximum absolute atomic E-state index is 14.7. The first kappa shape index (κ1) is 20.5. The molecule has 0 spiro atoms. The molecule has 0 saturated carbocycles. The molecular formula is C22H24FN3O3S. The van der Waals surface area contributed by atoms with Crippen molar-refractivity contribution in [1.29, 1.82) is 0 Å². The normalized spacial score (nSPS) is 22.2. The summed E-state index contributed by atoms with van der Waals surface area (Å²) in [4.78, 5) is 39.1. The smallest absolute Gasteiger partial charge is 0.253 e. The van der Waals surface area contributed by atoms with Gasteiger partial charge in [-0.05, 0) is 36.1 Å². The van der Waals surface area contributed by atoms with Gasteiger partial charge in [-0.1, -0.05) is 26.8 Å². The number of alkyl halides is 1. The number of hydrogen-bond acceptors (Lipinski definition) is 6. The second-order valence-corrected chi connectivity index (χ2v) is 10.2. The van der Waals surface area contributed by atoms with Crippen LogP contribution in [0, 0.1) is 12.3 Å². The van der Waals surface area contributed by atoms with E-state index in [9.17, 15) is 18.8 Å². The van der Waals surface area contributed by atoms with Gasteiger partial charge in [-0.2, -0.15) is 0 Å². The zero-order valence-corrected chi connectivity index (χ0v) is 18.1. The first-order valence-electron chi connectivity index (χ1n) is 9.84. The monoisotopic (exact) mass is 429 g/mol. The highest BCUT2D eigenvalue weighted by Crippen LogP contribution is 2.40. The standard InChI is InChI=1S/C22H24FN3O3S/c1-10-5-8-13(30-10)20(22(2,3)4)26-17-16(18(27)19(17)28)25-15-12(23)7-6-11-9-24-21(29)14(11)15/h5-8,12,15,20,25-26H,9H2,1-4H3,(H,24,29)/t12?,15?,20-/m0/s1. The molecule has 158 valence electrons. The van der Waals surface area contributed by atoms with E-state index in [2.05, 4.69) is 16.0 Å². The molecule has 1 amide bonds. The molecule has 8 heteroatoms. The van der Waals surface area contributed by atoms with Crippen LogP contribution in [0.5, 0.6) is 0 Å². The summed E-state index contributed by atoms with van der Waals surface area (Å²) in [5.74, 6) is -0.357. The highest BCUT2D eigenvalue weighted by atomic mass is 32.1. The molecule has 0 radical (unpaired) electrons. The van der Waals surface area contributed by atoms with E-state index < -0.39 is 23.1 Å². The van der Waals surface area contributed by atoms with Crippen LogP contribution in [0.15, 0.2) is 45.0 Å². The molecule has 6 nitrogen and oxygen atoms in total. The van der Waals surface area contributed by atoms with Crippen LogP contribution in [0.25, 0.3) is 0 Å². The van der Waals surface area contributed by atoms with Crippen LogP contribution in [0.1, 0.15) is 36.6 Å². The largest absolute Gasteiger partial charge is 0.372 e. The number of nitrogens with one attached hydrogen (secondary N) is 3. The summed E-state index contributed by atoms with van der Waals surface area (Å²) >= 11 is 1.62. The first-order valence-corrected chi connectivity index (χ1v) is 10.7. The lowest BCUT2D eigenvalue weighted by Crippen LogP contribution is -2.45. The molecule has 4 rings (SSSR count). The van der Waals surface area contributed by atoms with Crippen LogP contribution in [0.3, 0.4) is 0 Å². The summed E-state index contributed by atoms with van der Waals surface area (Å²) in [7, 11) is 0. The average molecular weight is 430 g/mol. The first-order chi connectivity index (χ1) is 14.1. The molecule has 3 N–H and O–H groups in total. The Morgan fingerprint density at radius 2 is 1.87 bits per heavy atom. The van der Waals surface area contributed by atoms with E-state index in [1.807, 2.05) is 39.8 Å². The highest BCUT2D eigenvalue weighted by Gasteiger charge is 2.39. The number of amides is 1. The van der Waals surface area contributed by atoms with Crippen molar-refractivity contribution in [2.24, 2.45) is 5.41 Å². The van der Waals surface area contributed by atoms with Crippen LogP contribution in [0.2, 0.25) is 0 Å². The van der Waals surface area contributed by atoms with E-state index >= 15 is 0 Å². The van der Waals surface area contributed by atoms with Gasteiger partial charge in [0.25, 0.3) is 10.9 Å². The van der Waals surface area contributed by atoms with Gasteiger partial charge in [0.1, 0.15) is 17.5 Å². The van der Waals surface area contributed by atoms with Crippen molar-refractivity contribution in [2.45, 2.75) is 46.0 Å². The van der Waals surface area contributed by atoms with E-state index in [0.717, 1.165) is 9.75 Å². The van der Waals surface area contributed by atoms with Crippen LogP contribution in [-0.4, -0.2) is 24.7 Å². The van der Waals surface area contributed by atoms with Gasteiger partial charge in [0, 0.05) is 21.9 Å². The Bertz CT molecular complexity index is 1150. The van der Waals surface area contributed by atoms with Crippen molar-refractivity contribution < 1.29 is 9.18 Å². The number of carbonyl (C=O) groups excluding carboxylic acids is 1. The lowest BCUT2D eigenvalue weighted by Gasteiger charge is -2.33. The summed E-state index contributed by atoms with van der Waals surface area (Å²) < 4.78 is 14.7. The van der Waals surface area contributed by atoms with Gasteiger partial charge in [-0.25, -0.2) is 4.39 Å². The fourth-order valence-electron chi connectivity index (χ4n) is 3.92. The lowest BCUT2D eigenvalue weighted by molar-refractivity contribution is -0.116. The van der Waals surface area contributed by atoms with Gasteiger partial charge in [-0.15, -0.1) is 11.3 Å². The minimum Gasteiger partial charge on any atom is -0.372 e. The maximum atomic E-state index is 14.7. The Labute approximate surface area is 177 Å². The fraction of sp³-hybridized carbons (Fsp3) is 0.409. The van der Waals surface area contributed by atoms with Gasteiger partial charge in [-0.3, -0.25) is 14.4 Å². The Hall–Kier alpha value is -2.74. The van der Waals surface area contributed by atoms with Gasteiger partial charge < -0.3 is 16.0 Å². The molecule has 1 aliphatic heterocycles. The quantitative estimate of drug-likeness (QED) is 0.636. The average Bonchev–Trinajstić information content (AvgIpc) is 3.27. The number of aryl methyl sites for hydroxylation is 1. The van der Waals surface area contributed by atoms with Gasteiger partial charge in [0.15, 0.2) is 0 Å². The number of hydrogen-bond donors (Lipinski definition) is 3. The van der Waals surface area contributed by atoms with Gasteiger partial charge >= 0.3 is 0 Å². The summed E-state index contributed by atoms with van der Waals surface area (Å²) in [6.07, 6.45) is 1.47. The zero-order chi connectivity index (χ0) is 21.8. The minimum absolute atomic E-state index is 0.0389. The third-order valence-electron chi connectivity index (χ3n) is 5.55. The molecule has 30 heavy (non-hydrogen) atoms. The van der Waals surface area contributed by atoms with Crippen molar-refractivity contribution in [3.8, 4) is 0 Å². The van der Waals surface area contributed by atoms with Crippen molar-refractivity contribution in [1.82, 2.24) is 5.32 Å². The van der Waals surface area contributed by atoms with Crippen molar-refractivity contribution in [2.75, 3.05) is 17.2 Å². The van der Waals surface area contributed by atoms with Crippen molar-refractivity contribution in [3.63, 3.8) is 0 Å². The van der Waals surface area contributed by atoms with Crippen LogP contribution in [-0.2, 0) is 4.79 Å². The SMILES string of the molecule is Cc1ccc([C@H](Nc2c(NC3C4=C(C=CC3F)CNC4=O)c(=O)c2=O)C(C)(C)C)s1.